The van der Waals surface area contributed by atoms with E-state index >= 15 is 0 Å². The van der Waals surface area contributed by atoms with Gasteiger partial charge in [-0.05, 0) is 30.5 Å². The largest absolute Gasteiger partial charge is 0.508 e. The fourth-order valence-corrected chi connectivity index (χ4v) is 4.06. The van der Waals surface area contributed by atoms with Gasteiger partial charge in [0.1, 0.15) is 11.3 Å². The Kier molecular flexibility index (Phi) is 5.29. The van der Waals surface area contributed by atoms with E-state index < -0.39 is 5.63 Å². The Hall–Kier alpha value is -2.06. The number of aromatic hydroxyl groups is 1. The fourth-order valence-electron chi connectivity index (χ4n) is 2.31. The molecule has 132 valence electrons. The maximum atomic E-state index is 11.8. The standard InChI is InChI=1S/C17H19N3O3S2/c1-9(2)7-18-16-19-20-17(25-16)24-8-11-6-14(22)23-15-10(3)13(21)5-4-12(11)15/h4-6,9,21H,7-8H2,1-3H3,(H,18,19). The van der Waals surface area contributed by atoms with Gasteiger partial charge in [-0.1, -0.05) is 36.9 Å². The molecular weight excluding hydrogens is 358 g/mol. The molecule has 0 saturated carbocycles. The van der Waals surface area contributed by atoms with Gasteiger partial charge in [0.2, 0.25) is 5.13 Å². The molecule has 6 nitrogen and oxygen atoms in total. The Labute approximate surface area is 153 Å². The Morgan fingerprint density at radius 2 is 2.16 bits per heavy atom. The van der Waals surface area contributed by atoms with Crippen LogP contribution in [-0.4, -0.2) is 21.8 Å². The molecule has 3 aromatic rings. The van der Waals surface area contributed by atoms with Crippen molar-refractivity contribution in [1.82, 2.24) is 10.2 Å². The zero-order valence-electron chi connectivity index (χ0n) is 14.2. The van der Waals surface area contributed by atoms with E-state index in [-0.39, 0.29) is 5.75 Å². The predicted octanol–water partition coefficient (Wildman–Crippen LogP) is 4.02. The normalized spacial score (nSPS) is 11.4. The lowest BCUT2D eigenvalue weighted by molar-refractivity contribution is 0.468. The van der Waals surface area contributed by atoms with Crippen molar-refractivity contribution in [2.45, 2.75) is 30.9 Å². The summed E-state index contributed by atoms with van der Waals surface area (Å²) < 4.78 is 6.10. The van der Waals surface area contributed by atoms with Crippen molar-refractivity contribution in [2.75, 3.05) is 11.9 Å². The number of nitrogens with one attached hydrogen (secondary N) is 1. The quantitative estimate of drug-likeness (QED) is 0.495. The number of nitrogens with zero attached hydrogens (tertiary/aromatic N) is 2. The molecule has 25 heavy (non-hydrogen) atoms. The summed E-state index contributed by atoms with van der Waals surface area (Å²) in [4.78, 5) is 11.8. The monoisotopic (exact) mass is 377 g/mol. The molecule has 0 radical (unpaired) electrons. The lowest BCUT2D eigenvalue weighted by atomic mass is 10.1. The van der Waals surface area contributed by atoms with Crippen LogP contribution in [0, 0.1) is 12.8 Å². The van der Waals surface area contributed by atoms with Crippen LogP contribution in [0.5, 0.6) is 5.75 Å². The predicted molar refractivity (Wildman–Crippen MR) is 102 cm³/mol. The molecule has 2 N–H and O–H groups in total. The van der Waals surface area contributed by atoms with Crippen molar-refractivity contribution in [3.8, 4) is 5.75 Å². The number of rotatable bonds is 6. The number of fused-ring (bicyclic) bond motifs is 1. The van der Waals surface area contributed by atoms with Crippen molar-refractivity contribution >= 4 is 39.2 Å². The topological polar surface area (TPSA) is 88.3 Å². The third-order valence-electron chi connectivity index (χ3n) is 3.64. The highest BCUT2D eigenvalue weighted by Gasteiger charge is 2.12. The van der Waals surface area contributed by atoms with Crippen molar-refractivity contribution in [3.05, 3.63) is 39.7 Å². The first-order valence-electron chi connectivity index (χ1n) is 7.89. The number of hydrogen-bond acceptors (Lipinski definition) is 8. The van der Waals surface area contributed by atoms with Crippen LogP contribution in [0.2, 0.25) is 0 Å². The summed E-state index contributed by atoms with van der Waals surface area (Å²) in [5.41, 5.74) is 1.43. The number of hydrogen-bond donors (Lipinski definition) is 2. The maximum absolute atomic E-state index is 11.8. The van der Waals surface area contributed by atoms with Crippen molar-refractivity contribution < 1.29 is 9.52 Å². The second-order valence-electron chi connectivity index (χ2n) is 6.11. The molecule has 0 unspecified atom stereocenters. The SMILES string of the molecule is Cc1c(O)ccc2c(CSc3nnc(NCC(C)C)s3)cc(=O)oc12. The average Bonchev–Trinajstić information content (AvgIpc) is 3.02. The van der Waals surface area contributed by atoms with E-state index in [9.17, 15) is 9.90 Å². The number of thioether (sulfide) groups is 1. The van der Waals surface area contributed by atoms with Gasteiger partial charge in [-0.3, -0.25) is 0 Å². The van der Waals surface area contributed by atoms with Gasteiger partial charge >= 0.3 is 5.63 Å². The van der Waals surface area contributed by atoms with Crippen LogP contribution in [0.1, 0.15) is 25.0 Å². The summed E-state index contributed by atoms with van der Waals surface area (Å²) in [7, 11) is 0. The first kappa shape index (κ1) is 17.8. The molecule has 0 fully saturated rings. The number of anilines is 1. The van der Waals surface area contributed by atoms with Gasteiger partial charge in [0.15, 0.2) is 4.34 Å². The lowest BCUT2D eigenvalue weighted by Gasteiger charge is -2.07. The summed E-state index contributed by atoms with van der Waals surface area (Å²) in [5.74, 6) is 1.23. The molecule has 0 atom stereocenters. The number of phenolic OH excluding ortho intramolecular Hbond substituents is 1. The van der Waals surface area contributed by atoms with Crippen LogP contribution in [0.3, 0.4) is 0 Å². The minimum atomic E-state index is -0.423. The van der Waals surface area contributed by atoms with Crippen LogP contribution in [0.25, 0.3) is 11.0 Å². The molecule has 8 heteroatoms. The highest BCUT2D eigenvalue weighted by molar-refractivity contribution is 8.00. The van der Waals surface area contributed by atoms with Crippen LogP contribution >= 0.6 is 23.1 Å². The van der Waals surface area contributed by atoms with Crippen molar-refractivity contribution in [1.29, 1.82) is 0 Å². The van der Waals surface area contributed by atoms with Crippen LogP contribution in [-0.2, 0) is 5.75 Å². The molecule has 0 aliphatic carbocycles. The summed E-state index contributed by atoms with van der Waals surface area (Å²) in [6.45, 7) is 6.85. The Morgan fingerprint density at radius 1 is 1.36 bits per heavy atom. The first-order valence-corrected chi connectivity index (χ1v) is 9.69. The Balaban J connectivity index is 1.80. The van der Waals surface area contributed by atoms with Gasteiger partial charge in [-0.25, -0.2) is 4.79 Å². The van der Waals surface area contributed by atoms with E-state index in [0.717, 1.165) is 27.0 Å². The molecule has 1 aromatic carbocycles. The van der Waals surface area contributed by atoms with Gasteiger partial charge < -0.3 is 14.8 Å². The molecule has 0 spiro atoms. The molecule has 0 bridgehead atoms. The highest BCUT2D eigenvalue weighted by atomic mass is 32.2. The summed E-state index contributed by atoms with van der Waals surface area (Å²) >= 11 is 3.02. The molecule has 0 amide bonds. The molecule has 2 aromatic heterocycles. The van der Waals surface area contributed by atoms with E-state index in [2.05, 4.69) is 29.4 Å². The molecule has 0 aliphatic heterocycles. The van der Waals surface area contributed by atoms with E-state index in [4.69, 9.17) is 4.42 Å². The zero-order chi connectivity index (χ0) is 18.0. The smallest absolute Gasteiger partial charge is 0.336 e. The van der Waals surface area contributed by atoms with E-state index in [1.165, 1.54) is 29.2 Å². The van der Waals surface area contributed by atoms with Gasteiger partial charge in [0.25, 0.3) is 0 Å². The summed E-state index contributed by atoms with van der Waals surface area (Å²) in [5, 5.41) is 23.0. The zero-order valence-corrected chi connectivity index (χ0v) is 15.8. The lowest BCUT2D eigenvalue weighted by Crippen LogP contribution is -2.07. The van der Waals surface area contributed by atoms with E-state index in [1.807, 2.05) is 0 Å². The maximum Gasteiger partial charge on any atom is 0.336 e. The third kappa shape index (κ3) is 4.13. The van der Waals surface area contributed by atoms with Gasteiger partial charge in [0.05, 0.1) is 0 Å². The fraction of sp³-hybridized carbons (Fsp3) is 0.353. The minimum Gasteiger partial charge on any atom is -0.508 e. The summed E-state index contributed by atoms with van der Waals surface area (Å²) in [6, 6.07) is 4.88. The second kappa shape index (κ2) is 7.45. The molecule has 2 heterocycles. The van der Waals surface area contributed by atoms with Crippen LogP contribution < -0.4 is 10.9 Å². The van der Waals surface area contributed by atoms with E-state index in [0.29, 0.717) is 22.8 Å². The Morgan fingerprint density at radius 3 is 2.92 bits per heavy atom. The van der Waals surface area contributed by atoms with Crippen LogP contribution in [0.15, 0.2) is 31.8 Å². The summed E-state index contributed by atoms with van der Waals surface area (Å²) in [6.07, 6.45) is 0. The van der Waals surface area contributed by atoms with Crippen molar-refractivity contribution in [3.63, 3.8) is 0 Å². The second-order valence-corrected chi connectivity index (χ2v) is 8.31. The van der Waals surface area contributed by atoms with Gasteiger partial charge in [-0.15, -0.1) is 10.2 Å². The first-order chi connectivity index (χ1) is 11.9. The van der Waals surface area contributed by atoms with Gasteiger partial charge in [-0.2, -0.15) is 0 Å². The highest BCUT2D eigenvalue weighted by Crippen LogP contribution is 2.32. The molecule has 0 saturated heterocycles. The number of phenols is 1. The molecule has 3 rings (SSSR count). The number of benzene rings is 1. The van der Waals surface area contributed by atoms with Crippen molar-refractivity contribution in [2.24, 2.45) is 5.92 Å². The van der Waals surface area contributed by atoms with Gasteiger partial charge in [0, 0.05) is 29.3 Å². The Bertz CT molecular complexity index is 950. The average molecular weight is 377 g/mol. The molecule has 0 aliphatic rings. The number of aromatic nitrogens is 2. The van der Waals surface area contributed by atoms with E-state index in [1.54, 1.807) is 19.1 Å². The number of aryl methyl sites for hydroxylation is 1. The van der Waals surface area contributed by atoms with Crippen LogP contribution in [0.4, 0.5) is 5.13 Å². The third-order valence-corrected chi connectivity index (χ3v) is 5.70. The minimum absolute atomic E-state index is 0.116. The molecular formula is C17H19N3O3S2.